The van der Waals surface area contributed by atoms with Crippen LogP contribution in [0.4, 0.5) is 0 Å². The summed E-state index contributed by atoms with van der Waals surface area (Å²) in [4.78, 5) is 26.9. The number of benzene rings is 2. The number of rotatable bonds is 4. The Morgan fingerprint density at radius 1 is 1.15 bits per heavy atom. The van der Waals surface area contributed by atoms with Crippen LogP contribution in [0.1, 0.15) is 16.8 Å². The maximum absolute atomic E-state index is 12.5. The number of carbonyl (C=O) groups is 1. The first-order valence-electron chi connectivity index (χ1n) is 8.30. The molecule has 0 radical (unpaired) electrons. The number of aryl methyl sites for hydroxylation is 1. The van der Waals surface area contributed by atoms with Crippen molar-refractivity contribution in [2.75, 3.05) is 0 Å². The summed E-state index contributed by atoms with van der Waals surface area (Å²) in [5.74, 6) is -1.09. The van der Waals surface area contributed by atoms with Gasteiger partial charge in [-0.1, -0.05) is 29.8 Å². The van der Waals surface area contributed by atoms with Crippen molar-refractivity contribution >= 4 is 27.6 Å². The number of carboxylic acid groups (broad SMARTS) is 1. The van der Waals surface area contributed by atoms with Gasteiger partial charge in [-0.15, -0.1) is 0 Å². The van der Waals surface area contributed by atoms with Crippen molar-refractivity contribution in [1.29, 1.82) is 0 Å². The average Bonchev–Trinajstić information content (AvgIpc) is 3.00. The third-order valence-corrected chi connectivity index (χ3v) is 4.51. The number of fused-ring (bicyclic) bond motifs is 2. The van der Waals surface area contributed by atoms with Crippen LogP contribution in [0, 0.1) is 6.92 Å². The van der Waals surface area contributed by atoms with Gasteiger partial charge in [0.1, 0.15) is 6.54 Å². The van der Waals surface area contributed by atoms with Crippen LogP contribution in [-0.2, 0) is 17.8 Å². The summed E-state index contributed by atoms with van der Waals surface area (Å²) in [5, 5.41) is 15.8. The van der Waals surface area contributed by atoms with Gasteiger partial charge in [-0.3, -0.25) is 9.59 Å². The number of H-pyrrole nitrogens is 1. The molecule has 4 rings (SSSR count). The smallest absolute Gasteiger partial charge is 0.325 e. The van der Waals surface area contributed by atoms with Crippen LogP contribution >= 0.6 is 0 Å². The van der Waals surface area contributed by atoms with Crippen molar-refractivity contribution in [2.45, 2.75) is 19.9 Å². The summed E-state index contributed by atoms with van der Waals surface area (Å²) in [6, 6.07) is 13.4. The van der Waals surface area contributed by atoms with Crippen LogP contribution in [0.15, 0.2) is 53.5 Å². The van der Waals surface area contributed by atoms with Crippen LogP contribution in [0.2, 0.25) is 0 Å². The number of hydrogen-bond acceptors (Lipinski definition) is 3. The lowest BCUT2D eigenvalue weighted by molar-refractivity contribution is -0.138. The standard InChI is InChI=1S/C20H17N3O3/c1-12-6-7-17-16(8-12)13(10-21-17)9-18-14-4-2-3-5-15(14)20(26)23(22-18)11-19(24)25/h2-8,10,21H,9,11H2,1H3,(H,24,25). The molecule has 0 saturated heterocycles. The van der Waals surface area contributed by atoms with Crippen molar-refractivity contribution in [1.82, 2.24) is 14.8 Å². The van der Waals surface area contributed by atoms with E-state index in [0.29, 0.717) is 17.5 Å². The van der Waals surface area contributed by atoms with Gasteiger partial charge in [-0.25, -0.2) is 4.68 Å². The maximum Gasteiger partial charge on any atom is 0.325 e. The number of hydrogen-bond donors (Lipinski definition) is 2. The van der Waals surface area contributed by atoms with E-state index in [0.717, 1.165) is 32.1 Å². The van der Waals surface area contributed by atoms with Gasteiger partial charge in [0.15, 0.2) is 0 Å². The summed E-state index contributed by atoms with van der Waals surface area (Å²) >= 11 is 0. The first kappa shape index (κ1) is 16.1. The van der Waals surface area contributed by atoms with Gasteiger partial charge >= 0.3 is 5.97 Å². The summed E-state index contributed by atoms with van der Waals surface area (Å²) in [7, 11) is 0. The van der Waals surface area contributed by atoms with Crippen molar-refractivity contribution in [3.8, 4) is 0 Å². The van der Waals surface area contributed by atoms with Crippen LogP contribution in [0.3, 0.4) is 0 Å². The number of nitrogens with zero attached hydrogens (tertiary/aromatic N) is 2. The van der Waals surface area contributed by atoms with E-state index in [9.17, 15) is 9.59 Å². The molecule has 6 nitrogen and oxygen atoms in total. The molecule has 0 saturated carbocycles. The number of carboxylic acids is 1. The maximum atomic E-state index is 12.5. The number of aromatic amines is 1. The molecular formula is C20H17N3O3. The lowest BCUT2D eigenvalue weighted by atomic mass is 10.0. The van der Waals surface area contributed by atoms with E-state index in [-0.39, 0.29) is 5.56 Å². The predicted octanol–water partition coefficient (Wildman–Crippen LogP) is 2.86. The third-order valence-electron chi connectivity index (χ3n) is 4.51. The number of nitrogens with one attached hydrogen (secondary N) is 1. The van der Waals surface area contributed by atoms with Crippen molar-refractivity contribution in [3.63, 3.8) is 0 Å². The molecule has 0 unspecified atom stereocenters. The summed E-state index contributed by atoms with van der Waals surface area (Å²) in [5.41, 5.74) is 3.55. The summed E-state index contributed by atoms with van der Waals surface area (Å²) < 4.78 is 1.03. The van der Waals surface area contributed by atoms with E-state index in [1.54, 1.807) is 12.1 Å². The molecule has 26 heavy (non-hydrogen) atoms. The van der Waals surface area contributed by atoms with E-state index in [4.69, 9.17) is 5.11 Å². The van der Waals surface area contributed by atoms with Crippen LogP contribution in [-0.4, -0.2) is 25.8 Å². The second-order valence-electron chi connectivity index (χ2n) is 6.39. The first-order valence-corrected chi connectivity index (χ1v) is 8.30. The zero-order valence-electron chi connectivity index (χ0n) is 14.2. The Kier molecular flexibility index (Phi) is 3.80. The van der Waals surface area contributed by atoms with E-state index in [1.165, 1.54) is 0 Å². The SMILES string of the molecule is Cc1ccc2[nH]cc(Cc3nn(CC(=O)O)c(=O)c4ccccc34)c2c1. The second kappa shape index (κ2) is 6.15. The fourth-order valence-electron chi connectivity index (χ4n) is 3.29. The quantitative estimate of drug-likeness (QED) is 0.594. The monoisotopic (exact) mass is 347 g/mol. The van der Waals surface area contributed by atoms with E-state index in [1.807, 2.05) is 37.4 Å². The molecular weight excluding hydrogens is 330 g/mol. The second-order valence-corrected chi connectivity index (χ2v) is 6.39. The fourth-order valence-corrected chi connectivity index (χ4v) is 3.29. The lowest BCUT2D eigenvalue weighted by Gasteiger charge is -2.09. The predicted molar refractivity (Wildman–Crippen MR) is 99.5 cm³/mol. The van der Waals surface area contributed by atoms with Crippen molar-refractivity contribution in [3.05, 3.63) is 75.8 Å². The Morgan fingerprint density at radius 2 is 1.92 bits per heavy atom. The Morgan fingerprint density at radius 3 is 2.69 bits per heavy atom. The normalized spacial score (nSPS) is 11.3. The summed E-state index contributed by atoms with van der Waals surface area (Å²) in [6.45, 7) is 1.58. The van der Waals surface area contributed by atoms with Gasteiger partial charge in [-0.2, -0.15) is 5.10 Å². The largest absolute Gasteiger partial charge is 0.480 e. The van der Waals surface area contributed by atoms with E-state index >= 15 is 0 Å². The molecule has 0 spiro atoms. The molecule has 0 atom stereocenters. The molecule has 0 bridgehead atoms. The van der Waals surface area contributed by atoms with Crippen LogP contribution < -0.4 is 5.56 Å². The Balaban J connectivity index is 1.90. The Hall–Kier alpha value is -3.41. The zero-order chi connectivity index (χ0) is 18.3. The van der Waals surface area contributed by atoms with Gasteiger partial charge in [0.25, 0.3) is 5.56 Å². The number of aromatic nitrogens is 3. The molecule has 2 N–H and O–H groups in total. The van der Waals surface area contributed by atoms with Gasteiger partial charge in [0.2, 0.25) is 0 Å². The molecule has 6 heteroatoms. The van der Waals surface area contributed by atoms with Crippen LogP contribution in [0.25, 0.3) is 21.7 Å². The molecule has 2 aromatic heterocycles. The summed E-state index contributed by atoms with van der Waals surface area (Å²) in [6.07, 6.45) is 2.44. The lowest BCUT2D eigenvalue weighted by Crippen LogP contribution is -2.28. The minimum Gasteiger partial charge on any atom is -0.480 e. The molecule has 0 fully saturated rings. The van der Waals surface area contributed by atoms with Gasteiger partial charge in [0, 0.05) is 28.9 Å². The van der Waals surface area contributed by atoms with Gasteiger partial charge in [0.05, 0.1) is 11.1 Å². The zero-order valence-corrected chi connectivity index (χ0v) is 14.2. The Labute approximate surface area is 148 Å². The molecule has 0 amide bonds. The van der Waals surface area contributed by atoms with Gasteiger partial charge in [-0.05, 0) is 30.7 Å². The molecule has 0 aliphatic heterocycles. The average molecular weight is 347 g/mol. The van der Waals surface area contributed by atoms with Crippen LogP contribution in [0.5, 0.6) is 0 Å². The third kappa shape index (κ3) is 2.75. The first-order chi connectivity index (χ1) is 12.5. The molecule has 2 heterocycles. The molecule has 4 aromatic rings. The fraction of sp³-hybridized carbons (Fsp3) is 0.150. The molecule has 0 aliphatic rings. The highest BCUT2D eigenvalue weighted by Gasteiger charge is 2.14. The van der Waals surface area contributed by atoms with Crippen molar-refractivity contribution < 1.29 is 9.90 Å². The highest BCUT2D eigenvalue weighted by molar-refractivity contribution is 5.87. The number of aliphatic carboxylic acids is 1. The molecule has 130 valence electrons. The topological polar surface area (TPSA) is 88.0 Å². The minimum absolute atomic E-state index is 0.387. The highest BCUT2D eigenvalue weighted by Crippen LogP contribution is 2.24. The van der Waals surface area contributed by atoms with Gasteiger partial charge < -0.3 is 10.1 Å². The van der Waals surface area contributed by atoms with E-state index < -0.39 is 12.5 Å². The Bertz CT molecular complexity index is 1200. The van der Waals surface area contributed by atoms with Crippen molar-refractivity contribution in [2.24, 2.45) is 0 Å². The molecule has 2 aromatic carbocycles. The molecule has 0 aliphatic carbocycles. The highest BCUT2D eigenvalue weighted by atomic mass is 16.4. The minimum atomic E-state index is -1.09. The van der Waals surface area contributed by atoms with E-state index in [2.05, 4.69) is 16.1 Å².